The topological polar surface area (TPSA) is 77.0 Å². The molecule has 1 saturated carbocycles. The van der Waals surface area contributed by atoms with Gasteiger partial charge in [0.15, 0.2) is 5.82 Å². The van der Waals surface area contributed by atoms with Crippen LogP contribution in [0.5, 0.6) is 0 Å². The van der Waals surface area contributed by atoms with E-state index in [9.17, 15) is 5.11 Å². The number of hydrogen-bond acceptors (Lipinski definition) is 4. The van der Waals surface area contributed by atoms with E-state index in [4.69, 9.17) is 5.73 Å². The molecule has 4 rings (SSSR count). The summed E-state index contributed by atoms with van der Waals surface area (Å²) in [6, 6.07) is 7.89. The van der Waals surface area contributed by atoms with E-state index < -0.39 is 5.60 Å². The molecule has 1 fully saturated rings. The van der Waals surface area contributed by atoms with Crippen LogP contribution in [0, 0.1) is 0 Å². The van der Waals surface area contributed by atoms with Crippen LogP contribution >= 0.6 is 0 Å². The molecule has 0 atom stereocenters. The van der Waals surface area contributed by atoms with Gasteiger partial charge in [-0.2, -0.15) is 0 Å². The maximum Gasteiger partial charge on any atom is 0.152 e. The van der Waals surface area contributed by atoms with Crippen molar-refractivity contribution in [2.75, 3.05) is 5.73 Å². The van der Waals surface area contributed by atoms with Crippen LogP contribution in [-0.2, 0) is 6.54 Å². The van der Waals surface area contributed by atoms with Gasteiger partial charge in [-0.15, -0.1) is 0 Å². The minimum atomic E-state index is -0.591. The monoisotopic (exact) mass is 268 g/mol. The molecule has 0 amide bonds. The van der Waals surface area contributed by atoms with Gasteiger partial charge in [-0.3, -0.25) is 0 Å². The molecule has 102 valence electrons. The Balaban J connectivity index is 1.97. The number of rotatable bonds is 2. The minimum Gasteiger partial charge on any atom is -0.388 e. The van der Waals surface area contributed by atoms with Gasteiger partial charge in [0.25, 0.3) is 0 Å². The molecule has 0 radical (unpaired) electrons. The lowest BCUT2D eigenvalue weighted by Gasteiger charge is -2.36. The van der Waals surface area contributed by atoms with Gasteiger partial charge in [0.1, 0.15) is 5.52 Å². The fourth-order valence-corrected chi connectivity index (χ4v) is 2.99. The number of benzene rings is 1. The number of aliphatic hydroxyl groups is 1. The van der Waals surface area contributed by atoms with Crippen LogP contribution in [0.3, 0.4) is 0 Å². The Morgan fingerprint density at radius 1 is 1.30 bits per heavy atom. The number of fused-ring (bicyclic) bond motifs is 3. The van der Waals surface area contributed by atoms with Crippen LogP contribution in [-0.4, -0.2) is 25.2 Å². The third-order valence-electron chi connectivity index (χ3n) is 4.23. The van der Waals surface area contributed by atoms with Gasteiger partial charge in [-0.1, -0.05) is 18.2 Å². The van der Waals surface area contributed by atoms with E-state index in [1.54, 1.807) is 6.33 Å². The molecule has 3 aromatic rings. The summed E-state index contributed by atoms with van der Waals surface area (Å²) in [4.78, 5) is 8.76. The quantitative estimate of drug-likeness (QED) is 0.746. The summed E-state index contributed by atoms with van der Waals surface area (Å²) in [7, 11) is 0. The molecule has 3 N–H and O–H groups in total. The summed E-state index contributed by atoms with van der Waals surface area (Å²) < 4.78 is 2.01. The fraction of sp³-hybridized carbons (Fsp3) is 0.333. The van der Waals surface area contributed by atoms with Crippen LogP contribution in [0.25, 0.3) is 21.9 Å². The van der Waals surface area contributed by atoms with E-state index in [2.05, 4.69) is 9.97 Å². The molecule has 0 unspecified atom stereocenters. The lowest BCUT2D eigenvalue weighted by atomic mass is 9.80. The van der Waals surface area contributed by atoms with Crippen LogP contribution in [0.4, 0.5) is 5.82 Å². The van der Waals surface area contributed by atoms with Gasteiger partial charge in [-0.05, 0) is 25.3 Å². The van der Waals surface area contributed by atoms with Crippen molar-refractivity contribution in [3.05, 3.63) is 30.6 Å². The van der Waals surface area contributed by atoms with Gasteiger partial charge < -0.3 is 15.4 Å². The van der Waals surface area contributed by atoms with Gasteiger partial charge in [0.05, 0.1) is 29.5 Å². The molecule has 2 aromatic heterocycles. The lowest BCUT2D eigenvalue weighted by Crippen LogP contribution is -2.40. The molecule has 1 aromatic carbocycles. The zero-order valence-corrected chi connectivity index (χ0v) is 11.1. The summed E-state index contributed by atoms with van der Waals surface area (Å²) >= 11 is 0. The fourth-order valence-electron chi connectivity index (χ4n) is 2.99. The molecular weight excluding hydrogens is 252 g/mol. The average Bonchev–Trinajstić information content (AvgIpc) is 2.82. The molecule has 2 heterocycles. The smallest absolute Gasteiger partial charge is 0.152 e. The Morgan fingerprint density at radius 2 is 2.10 bits per heavy atom. The maximum atomic E-state index is 10.4. The lowest BCUT2D eigenvalue weighted by molar-refractivity contribution is -0.0464. The Bertz CT molecular complexity index is 804. The van der Waals surface area contributed by atoms with Crippen LogP contribution in [0.2, 0.25) is 0 Å². The normalized spacial score (nSPS) is 17.4. The van der Waals surface area contributed by atoms with E-state index in [-0.39, 0.29) is 0 Å². The zero-order chi connectivity index (χ0) is 13.7. The first-order valence-electron chi connectivity index (χ1n) is 6.88. The van der Waals surface area contributed by atoms with Gasteiger partial charge >= 0.3 is 0 Å². The predicted octanol–water partition coefficient (Wildman–Crippen LogP) is 2.08. The number of nitrogens with zero attached hydrogens (tertiary/aromatic N) is 3. The average molecular weight is 268 g/mol. The second-order valence-electron chi connectivity index (χ2n) is 5.66. The molecule has 1 aliphatic carbocycles. The first kappa shape index (κ1) is 11.7. The Morgan fingerprint density at radius 3 is 2.85 bits per heavy atom. The van der Waals surface area contributed by atoms with Gasteiger partial charge in [0, 0.05) is 5.39 Å². The third kappa shape index (κ3) is 1.59. The predicted molar refractivity (Wildman–Crippen MR) is 78.2 cm³/mol. The van der Waals surface area contributed by atoms with Crippen molar-refractivity contribution in [3.63, 3.8) is 0 Å². The van der Waals surface area contributed by atoms with E-state index in [0.717, 1.165) is 35.7 Å². The van der Waals surface area contributed by atoms with Gasteiger partial charge in [0.2, 0.25) is 0 Å². The number of pyridine rings is 1. The summed E-state index contributed by atoms with van der Waals surface area (Å²) in [6.07, 6.45) is 4.55. The first-order chi connectivity index (χ1) is 9.66. The van der Waals surface area contributed by atoms with Crippen LogP contribution < -0.4 is 5.73 Å². The van der Waals surface area contributed by atoms with E-state index in [1.165, 1.54) is 0 Å². The molecule has 0 bridgehead atoms. The van der Waals surface area contributed by atoms with Crippen molar-refractivity contribution in [1.82, 2.24) is 14.5 Å². The molecule has 5 heteroatoms. The molecule has 0 spiro atoms. The minimum absolute atomic E-state index is 0.443. The third-order valence-corrected chi connectivity index (χ3v) is 4.23. The number of anilines is 1. The number of aromatic nitrogens is 3. The highest BCUT2D eigenvalue weighted by atomic mass is 16.3. The second-order valence-corrected chi connectivity index (χ2v) is 5.66. The van der Waals surface area contributed by atoms with E-state index >= 15 is 0 Å². The second kappa shape index (κ2) is 3.93. The number of para-hydroxylation sites is 1. The molecule has 1 aliphatic rings. The molecule has 20 heavy (non-hydrogen) atoms. The van der Waals surface area contributed by atoms with E-state index in [0.29, 0.717) is 17.9 Å². The number of hydrogen-bond donors (Lipinski definition) is 2. The Hall–Kier alpha value is -2.14. The van der Waals surface area contributed by atoms with Crippen molar-refractivity contribution in [2.24, 2.45) is 0 Å². The highest BCUT2D eigenvalue weighted by Gasteiger charge is 2.35. The SMILES string of the molecule is Nc1nc2ccccc2c2c1ncn2CC1(O)CCC1. The number of imidazole rings is 1. The first-order valence-corrected chi connectivity index (χ1v) is 6.88. The Labute approximate surface area is 116 Å². The Kier molecular flexibility index (Phi) is 2.29. The van der Waals surface area contributed by atoms with Crippen molar-refractivity contribution in [2.45, 2.75) is 31.4 Å². The van der Waals surface area contributed by atoms with Crippen molar-refractivity contribution < 1.29 is 5.11 Å². The van der Waals surface area contributed by atoms with E-state index in [1.807, 2.05) is 28.8 Å². The molecule has 0 aliphatic heterocycles. The van der Waals surface area contributed by atoms with Crippen LogP contribution in [0.1, 0.15) is 19.3 Å². The summed E-state index contributed by atoms with van der Waals surface area (Å²) in [5.41, 5.74) is 7.95. The number of nitrogens with two attached hydrogens (primary N) is 1. The molecule has 0 saturated heterocycles. The molecule has 5 nitrogen and oxygen atoms in total. The van der Waals surface area contributed by atoms with Gasteiger partial charge in [-0.25, -0.2) is 9.97 Å². The standard InChI is InChI=1S/C15H16N4O/c16-14-12-13(10-4-1-2-5-11(10)18-14)19(9-17-12)8-15(20)6-3-7-15/h1-2,4-5,9,20H,3,6-8H2,(H2,16,18). The largest absolute Gasteiger partial charge is 0.388 e. The summed E-state index contributed by atoms with van der Waals surface area (Å²) in [6.45, 7) is 0.566. The summed E-state index contributed by atoms with van der Waals surface area (Å²) in [5, 5.41) is 11.4. The zero-order valence-electron chi connectivity index (χ0n) is 11.1. The van der Waals surface area contributed by atoms with Crippen molar-refractivity contribution >= 4 is 27.8 Å². The highest BCUT2D eigenvalue weighted by molar-refractivity contribution is 6.06. The van der Waals surface area contributed by atoms with Crippen LogP contribution in [0.15, 0.2) is 30.6 Å². The summed E-state index contributed by atoms with van der Waals surface area (Å²) in [5.74, 6) is 0.443. The highest BCUT2D eigenvalue weighted by Crippen LogP contribution is 2.35. The molecular formula is C15H16N4O. The van der Waals surface area contributed by atoms with Crippen molar-refractivity contribution in [1.29, 1.82) is 0 Å². The number of nitrogen functional groups attached to an aromatic ring is 1. The van der Waals surface area contributed by atoms with Crippen molar-refractivity contribution in [3.8, 4) is 0 Å². The maximum absolute atomic E-state index is 10.4.